The fourth-order valence-electron chi connectivity index (χ4n) is 2.76. The molecule has 1 saturated heterocycles. The van der Waals surface area contributed by atoms with Crippen molar-refractivity contribution in [2.75, 3.05) is 40.3 Å². The fourth-order valence-corrected chi connectivity index (χ4v) is 2.76. The van der Waals surface area contributed by atoms with Crippen LogP contribution in [0.1, 0.15) is 18.5 Å². The molecule has 0 bridgehead atoms. The SMILES string of the molecule is CN(C)CC1CCCN1CCNCc1ccccn1. The summed E-state index contributed by atoms with van der Waals surface area (Å²) in [4.78, 5) is 9.23. The summed E-state index contributed by atoms with van der Waals surface area (Å²) in [5.74, 6) is 0. The lowest BCUT2D eigenvalue weighted by molar-refractivity contribution is 0.208. The van der Waals surface area contributed by atoms with Crippen molar-refractivity contribution in [3.05, 3.63) is 30.1 Å². The molecule has 4 heteroatoms. The number of aromatic nitrogens is 1. The van der Waals surface area contributed by atoms with E-state index in [0.717, 1.165) is 31.4 Å². The molecule has 2 rings (SSSR count). The van der Waals surface area contributed by atoms with Gasteiger partial charge in [-0.05, 0) is 45.6 Å². The quantitative estimate of drug-likeness (QED) is 0.748. The molecule has 1 aliphatic rings. The molecular formula is C15H26N4. The Bertz CT molecular complexity index is 352. The molecule has 0 aliphatic carbocycles. The second kappa shape index (κ2) is 7.58. The predicted molar refractivity (Wildman–Crippen MR) is 79.1 cm³/mol. The van der Waals surface area contributed by atoms with E-state index >= 15 is 0 Å². The number of hydrogen-bond acceptors (Lipinski definition) is 4. The average molecular weight is 262 g/mol. The third kappa shape index (κ3) is 4.90. The molecule has 1 fully saturated rings. The van der Waals surface area contributed by atoms with Crippen LogP contribution in [0.25, 0.3) is 0 Å². The van der Waals surface area contributed by atoms with Gasteiger partial charge in [-0.1, -0.05) is 6.07 Å². The maximum absolute atomic E-state index is 4.32. The lowest BCUT2D eigenvalue weighted by Crippen LogP contribution is -2.40. The molecule has 0 amide bonds. The maximum Gasteiger partial charge on any atom is 0.0541 e. The third-order valence-corrected chi connectivity index (χ3v) is 3.68. The Morgan fingerprint density at radius 3 is 3.05 bits per heavy atom. The molecule has 0 saturated carbocycles. The molecule has 106 valence electrons. The molecular weight excluding hydrogens is 236 g/mol. The average Bonchev–Trinajstić information content (AvgIpc) is 2.82. The van der Waals surface area contributed by atoms with E-state index in [1.54, 1.807) is 0 Å². The summed E-state index contributed by atoms with van der Waals surface area (Å²) >= 11 is 0. The van der Waals surface area contributed by atoms with E-state index in [2.05, 4.69) is 40.3 Å². The Balaban J connectivity index is 1.65. The molecule has 4 nitrogen and oxygen atoms in total. The Hall–Kier alpha value is -0.970. The van der Waals surface area contributed by atoms with Crippen LogP contribution in [0.15, 0.2) is 24.4 Å². The summed E-state index contributed by atoms with van der Waals surface area (Å²) in [5, 5.41) is 3.48. The van der Waals surface area contributed by atoms with Crippen molar-refractivity contribution in [1.82, 2.24) is 20.1 Å². The first-order chi connectivity index (χ1) is 9.25. The number of hydrogen-bond donors (Lipinski definition) is 1. The van der Waals surface area contributed by atoms with E-state index in [9.17, 15) is 0 Å². The number of nitrogens with zero attached hydrogens (tertiary/aromatic N) is 3. The Kier molecular flexibility index (Phi) is 5.76. The highest BCUT2D eigenvalue weighted by Crippen LogP contribution is 2.16. The summed E-state index contributed by atoms with van der Waals surface area (Å²) in [6, 6.07) is 6.81. The van der Waals surface area contributed by atoms with Gasteiger partial charge in [-0.25, -0.2) is 0 Å². The largest absolute Gasteiger partial charge is 0.310 e. The van der Waals surface area contributed by atoms with Crippen molar-refractivity contribution >= 4 is 0 Å². The van der Waals surface area contributed by atoms with Crippen LogP contribution in [0.4, 0.5) is 0 Å². The van der Waals surface area contributed by atoms with E-state index in [1.165, 1.54) is 25.9 Å². The van der Waals surface area contributed by atoms with E-state index in [0.29, 0.717) is 0 Å². The predicted octanol–water partition coefficient (Wildman–Crippen LogP) is 1.20. The van der Waals surface area contributed by atoms with Gasteiger partial charge < -0.3 is 10.2 Å². The molecule has 0 aromatic carbocycles. The van der Waals surface area contributed by atoms with Gasteiger partial charge in [0.25, 0.3) is 0 Å². The minimum atomic E-state index is 0.742. The second-order valence-electron chi connectivity index (χ2n) is 5.59. The Labute approximate surface area is 116 Å². The van der Waals surface area contributed by atoms with Crippen LogP contribution in [-0.4, -0.2) is 61.1 Å². The smallest absolute Gasteiger partial charge is 0.0541 e. The molecule has 1 aliphatic heterocycles. The zero-order chi connectivity index (χ0) is 13.5. The van der Waals surface area contributed by atoms with Gasteiger partial charge in [-0.15, -0.1) is 0 Å². The molecule has 1 aromatic heterocycles. The van der Waals surface area contributed by atoms with Crippen LogP contribution in [0.5, 0.6) is 0 Å². The van der Waals surface area contributed by atoms with Crippen molar-refractivity contribution in [3.8, 4) is 0 Å². The van der Waals surface area contributed by atoms with Crippen LogP contribution in [0, 0.1) is 0 Å². The molecule has 1 aromatic rings. The van der Waals surface area contributed by atoms with Gasteiger partial charge >= 0.3 is 0 Å². The van der Waals surface area contributed by atoms with Gasteiger partial charge in [0.1, 0.15) is 0 Å². The summed E-state index contributed by atoms with van der Waals surface area (Å²) in [6.45, 7) is 5.49. The van der Waals surface area contributed by atoms with Crippen LogP contribution in [0.3, 0.4) is 0 Å². The van der Waals surface area contributed by atoms with Crippen LogP contribution in [0.2, 0.25) is 0 Å². The molecule has 2 heterocycles. The maximum atomic E-state index is 4.32. The Morgan fingerprint density at radius 2 is 2.32 bits per heavy atom. The van der Waals surface area contributed by atoms with E-state index in [4.69, 9.17) is 0 Å². The van der Waals surface area contributed by atoms with Crippen molar-refractivity contribution in [2.24, 2.45) is 0 Å². The molecule has 19 heavy (non-hydrogen) atoms. The molecule has 0 radical (unpaired) electrons. The van der Waals surface area contributed by atoms with E-state index < -0.39 is 0 Å². The van der Waals surface area contributed by atoms with Crippen LogP contribution < -0.4 is 5.32 Å². The van der Waals surface area contributed by atoms with Crippen molar-refractivity contribution in [1.29, 1.82) is 0 Å². The topological polar surface area (TPSA) is 31.4 Å². The summed E-state index contributed by atoms with van der Waals surface area (Å²) in [6.07, 6.45) is 4.54. The molecule has 1 unspecified atom stereocenters. The first kappa shape index (κ1) is 14.4. The van der Waals surface area contributed by atoms with Gasteiger partial charge in [0, 0.05) is 38.4 Å². The zero-order valence-electron chi connectivity index (χ0n) is 12.2. The third-order valence-electron chi connectivity index (χ3n) is 3.68. The lowest BCUT2D eigenvalue weighted by Gasteiger charge is -2.27. The standard InChI is InChI=1S/C15H26N4/c1-18(2)13-15-7-5-10-19(15)11-9-16-12-14-6-3-4-8-17-14/h3-4,6,8,15-16H,5,7,9-13H2,1-2H3. The summed E-state index contributed by atoms with van der Waals surface area (Å²) in [5.41, 5.74) is 1.12. The minimum absolute atomic E-state index is 0.742. The van der Waals surface area contributed by atoms with E-state index in [1.807, 2.05) is 18.3 Å². The first-order valence-corrected chi connectivity index (χ1v) is 7.25. The first-order valence-electron chi connectivity index (χ1n) is 7.25. The zero-order valence-corrected chi connectivity index (χ0v) is 12.2. The minimum Gasteiger partial charge on any atom is -0.310 e. The number of pyridine rings is 1. The second-order valence-corrected chi connectivity index (χ2v) is 5.59. The van der Waals surface area contributed by atoms with Gasteiger partial charge in [0.15, 0.2) is 0 Å². The fraction of sp³-hybridized carbons (Fsp3) is 0.667. The monoisotopic (exact) mass is 262 g/mol. The normalized spacial score (nSPS) is 20.3. The highest BCUT2D eigenvalue weighted by Gasteiger charge is 2.23. The van der Waals surface area contributed by atoms with Crippen LogP contribution >= 0.6 is 0 Å². The van der Waals surface area contributed by atoms with Crippen molar-refractivity contribution in [3.63, 3.8) is 0 Å². The van der Waals surface area contributed by atoms with Gasteiger partial charge in [0.2, 0.25) is 0 Å². The number of likely N-dealkylation sites (tertiary alicyclic amines) is 1. The van der Waals surface area contributed by atoms with Gasteiger partial charge in [-0.2, -0.15) is 0 Å². The molecule has 1 N–H and O–H groups in total. The summed E-state index contributed by atoms with van der Waals surface area (Å²) in [7, 11) is 4.33. The number of rotatable bonds is 7. The highest BCUT2D eigenvalue weighted by molar-refractivity contribution is 5.02. The van der Waals surface area contributed by atoms with Crippen molar-refractivity contribution < 1.29 is 0 Å². The van der Waals surface area contributed by atoms with Crippen molar-refractivity contribution in [2.45, 2.75) is 25.4 Å². The Morgan fingerprint density at radius 1 is 1.42 bits per heavy atom. The van der Waals surface area contributed by atoms with E-state index in [-0.39, 0.29) is 0 Å². The lowest BCUT2D eigenvalue weighted by atomic mass is 10.2. The number of likely N-dealkylation sites (N-methyl/N-ethyl adjacent to an activating group) is 1. The van der Waals surface area contributed by atoms with Gasteiger partial charge in [-0.3, -0.25) is 9.88 Å². The highest BCUT2D eigenvalue weighted by atomic mass is 15.2. The summed E-state index contributed by atoms with van der Waals surface area (Å²) < 4.78 is 0. The molecule has 1 atom stereocenters. The van der Waals surface area contributed by atoms with Gasteiger partial charge in [0.05, 0.1) is 5.69 Å². The number of nitrogens with one attached hydrogen (secondary N) is 1. The van der Waals surface area contributed by atoms with Crippen LogP contribution in [-0.2, 0) is 6.54 Å². The molecule has 0 spiro atoms.